The topological polar surface area (TPSA) is 30.7 Å². The fraction of sp³-hybridized carbons (Fsp3) is 0.273. The third-order valence-electron chi connectivity index (χ3n) is 2.55. The third-order valence-corrected chi connectivity index (χ3v) is 2.55. The summed E-state index contributed by atoms with van der Waals surface area (Å²) in [6.07, 6.45) is -1.38. The summed E-state index contributed by atoms with van der Waals surface area (Å²) in [6.45, 7) is 1.65. The quantitative estimate of drug-likeness (QED) is 0.809. The number of alkyl halides is 3. The van der Waals surface area contributed by atoms with Crippen LogP contribution in [0.5, 0.6) is 0 Å². The molecule has 6 heteroatoms. The highest BCUT2D eigenvalue weighted by Crippen LogP contribution is 2.35. The second-order valence-electron chi connectivity index (χ2n) is 3.64. The van der Waals surface area contributed by atoms with Crippen molar-refractivity contribution in [1.82, 2.24) is 15.0 Å². The number of aromatic nitrogens is 3. The summed E-state index contributed by atoms with van der Waals surface area (Å²) in [5, 5.41) is 7.31. The zero-order valence-electron chi connectivity index (χ0n) is 9.02. The maximum absolute atomic E-state index is 12.8. The second kappa shape index (κ2) is 4.20. The van der Waals surface area contributed by atoms with E-state index in [1.54, 1.807) is 13.0 Å². The van der Waals surface area contributed by atoms with Crippen LogP contribution in [0.15, 0.2) is 36.7 Å². The zero-order valence-corrected chi connectivity index (χ0v) is 9.02. The Morgan fingerprint density at radius 3 is 2.53 bits per heavy atom. The van der Waals surface area contributed by atoms with Gasteiger partial charge in [-0.25, -0.2) is 4.68 Å². The SMILES string of the molecule is CC(c1ccccc1C(F)(F)F)n1ccnn1. The van der Waals surface area contributed by atoms with Gasteiger partial charge in [0.05, 0.1) is 17.8 Å². The number of hydrogen-bond acceptors (Lipinski definition) is 2. The summed E-state index contributed by atoms with van der Waals surface area (Å²) in [5.41, 5.74) is -0.450. The molecule has 17 heavy (non-hydrogen) atoms. The number of benzene rings is 1. The summed E-state index contributed by atoms with van der Waals surface area (Å²) in [7, 11) is 0. The lowest BCUT2D eigenvalue weighted by atomic mass is 10.0. The molecule has 0 saturated carbocycles. The molecule has 1 aromatic heterocycles. The fourth-order valence-corrected chi connectivity index (χ4v) is 1.69. The maximum Gasteiger partial charge on any atom is 0.416 e. The molecule has 1 heterocycles. The van der Waals surface area contributed by atoms with Crippen LogP contribution in [0.25, 0.3) is 0 Å². The van der Waals surface area contributed by atoms with Gasteiger partial charge in [0.25, 0.3) is 0 Å². The van der Waals surface area contributed by atoms with Crippen LogP contribution >= 0.6 is 0 Å². The molecule has 0 bridgehead atoms. The van der Waals surface area contributed by atoms with Crippen LogP contribution in [0.1, 0.15) is 24.1 Å². The monoisotopic (exact) mass is 241 g/mol. The minimum atomic E-state index is -4.36. The van der Waals surface area contributed by atoms with Gasteiger partial charge < -0.3 is 0 Å². The Bertz CT molecular complexity index is 491. The van der Waals surface area contributed by atoms with Gasteiger partial charge in [-0.2, -0.15) is 13.2 Å². The third kappa shape index (κ3) is 2.30. The van der Waals surface area contributed by atoms with E-state index < -0.39 is 17.8 Å². The molecule has 0 N–H and O–H groups in total. The second-order valence-corrected chi connectivity index (χ2v) is 3.64. The molecule has 2 rings (SSSR count). The minimum absolute atomic E-state index is 0.186. The van der Waals surface area contributed by atoms with E-state index in [2.05, 4.69) is 10.3 Å². The first-order valence-corrected chi connectivity index (χ1v) is 5.02. The lowest BCUT2D eigenvalue weighted by Gasteiger charge is -2.17. The molecule has 0 amide bonds. The van der Waals surface area contributed by atoms with Crippen molar-refractivity contribution in [1.29, 1.82) is 0 Å². The molecule has 2 aromatic rings. The van der Waals surface area contributed by atoms with E-state index in [1.165, 1.54) is 29.2 Å². The summed E-state index contributed by atoms with van der Waals surface area (Å²) in [4.78, 5) is 0. The van der Waals surface area contributed by atoms with E-state index in [0.717, 1.165) is 6.07 Å². The molecule has 1 atom stereocenters. The summed E-state index contributed by atoms with van der Waals surface area (Å²) in [6, 6.07) is 4.98. The standard InChI is InChI=1S/C11H10F3N3/c1-8(17-7-6-15-16-17)9-4-2-3-5-10(9)11(12,13)14/h2-8H,1H3. The van der Waals surface area contributed by atoms with Gasteiger partial charge >= 0.3 is 6.18 Å². The van der Waals surface area contributed by atoms with Gasteiger partial charge in [-0.3, -0.25) is 0 Å². The van der Waals surface area contributed by atoms with Crippen LogP contribution in [-0.4, -0.2) is 15.0 Å². The van der Waals surface area contributed by atoms with E-state index in [0.29, 0.717) is 0 Å². The van der Waals surface area contributed by atoms with Gasteiger partial charge in [-0.1, -0.05) is 23.4 Å². The summed E-state index contributed by atoms with van der Waals surface area (Å²) >= 11 is 0. The van der Waals surface area contributed by atoms with Gasteiger partial charge in [0.2, 0.25) is 0 Å². The molecule has 0 fully saturated rings. The molecular weight excluding hydrogens is 231 g/mol. The molecule has 90 valence electrons. The normalized spacial score (nSPS) is 13.6. The van der Waals surface area contributed by atoms with Crippen molar-refractivity contribution in [2.75, 3.05) is 0 Å². The van der Waals surface area contributed by atoms with E-state index in [-0.39, 0.29) is 5.56 Å². The van der Waals surface area contributed by atoms with Crippen LogP contribution in [-0.2, 0) is 6.18 Å². The van der Waals surface area contributed by atoms with E-state index in [1.807, 2.05) is 0 Å². The average Bonchev–Trinajstić information content (AvgIpc) is 2.80. The Kier molecular flexibility index (Phi) is 2.87. The molecular formula is C11H10F3N3. The van der Waals surface area contributed by atoms with Crippen molar-refractivity contribution in [2.45, 2.75) is 19.1 Å². The van der Waals surface area contributed by atoms with Crippen molar-refractivity contribution < 1.29 is 13.2 Å². The molecule has 3 nitrogen and oxygen atoms in total. The number of halogens is 3. The molecule has 1 unspecified atom stereocenters. The van der Waals surface area contributed by atoms with Crippen LogP contribution in [0, 0.1) is 0 Å². The molecule has 0 aliphatic heterocycles. The van der Waals surface area contributed by atoms with Gasteiger partial charge in [0.1, 0.15) is 0 Å². The molecule has 0 aliphatic carbocycles. The van der Waals surface area contributed by atoms with Gasteiger partial charge in [-0.15, -0.1) is 5.10 Å². The lowest BCUT2D eigenvalue weighted by Crippen LogP contribution is -2.15. The lowest BCUT2D eigenvalue weighted by molar-refractivity contribution is -0.138. The highest BCUT2D eigenvalue weighted by Gasteiger charge is 2.34. The van der Waals surface area contributed by atoms with Crippen LogP contribution in [0.2, 0.25) is 0 Å². The van der Waals surface area contributed by atoms with E-state index in [9.17, 15) is 13.2 Å². The van der Waals surface area contributed by atoms with Crippen LogP contribution in [0.4, 0.5) is 13.2 Å². The van der Waals surface area contributed by atoms with Gasteiger partial charge in [-0.05, 0) is 18.6 Å². The predicted molar refractivity (Wildman–Crippen MR) is 55.3 cm³/mol. The van der Waals surface area contributed by atoms with Crippen molar-refractivity contribution >= 4 is 0 Å². The zero-order chi connectivity index (χ0) is 12.5. The smallest absolute Gasteiger partial charge is 0.245 e. The van der Waals surface area contributed by atoms with Gasteiger partial charge in [0, 0.05) is 6.20 Å². The molecule has 1 aromatic carbocycles. The highest BCUT2D eigenvalue weighted by atomic mass is 19.4. The Hall–Kier alpha value is -1.85. The Labute approximate surface area is 95.9 Å². The minimum Gasteiger partial charge on any atom is -0.245 e. The van der Waals surface area contributed by atoms with Gasteiger partial charge in [0.15, 0.2) is 0 Å². The molecule has 0 radical (unpaired) electrons. The first-order chi connectivity index (χ1) is 8.00. The van der Waals surface area contributed by atoms with Crippen LogP contribution < -0.4 is 0 Å². The summed E-state index contributed by atoms with van der Waals surface area (Å²) in [5.74, 6) is 0. The first kappa shape index (κ1) is 11.6. The fourth-order valence-electron chi connectivity index (χ4n) is 1.69. The largest absolute Gasteiger partial charge is 0.416 e. The average molecular weight is 241 g/mol. The predicted octanol–water partition coefficient (Wildman–Crippen LogP) is 2.91. The molecule has 0 spiro atoms. The summed E-state index contributed by atoms with van der Waals surface area (Å²) < 4.78 is 39.8. The maximum atomic E-state index is 12.8. The first-order valence-electron chi connectivity index (χ1n) is 5.02. The Morgan fingerprint density at radius 2 is 1.94 bits per heavy atom. The number of nitrogens with zero attached hydrogens (tertiary/aromatic N) is 3. The van der Waals surface area contributed by atoms with E-state index in [4.69, 9.17) is 0 Å². The highest BCUT2D eigenvalue weighted by molar-refractivity contribution is 5.32. The van der Waals surface area contributed by atoms with Crippen LogP contribution in [0.3, 0.4) is 0 Å². The van der Waals surface area contributed by atoms with Crippen molar-refractivity contribution in [3.8, 4) is 0 Å². The number of rotatable bonds is 2. The van der Waals surface area contributed by atoms with Crippen molar-refractivity contribution in [3.63, 3.8) is 0 Å². The molecule has 0 aliphatic rings. The van der Waals surface area contributed by atoms with Crippen molar-refractivity contribution in [3.05, 3.63) is 47.8 Å². The Balaban J connectivity index is 2.46. The Morgan fingerprint density at radius 1 is 1.24 bits per heavy atom. The molecule has 0 saturated heterocycles. The van der Waals surface area contributed by atoms with Crippen molar-refractivity contribution in [2.24, 2.45) is 0 Å². The number of hydrogen-bond donors (Lipinski definition) is 0. The van der Waals surface area contributed by atoms with E-state index >= 15 is 0 Å².